The molecule has 1 aliphatic heterocycles. The smallest absolute Gasteiger partial charge is 0.327 e. The number of benzene rings is 1. The molecule has 1 heterocycles. The molecule has 31 heavy (non-hydrogen) atoms. The lowest BCUT2D eigenvalue weighted by molar-refractivity contribution is -0.383. The first-order chi connectivity index (χ1) is 14.6. The van der Waals surface area contributed by atoms with E-state index in [-0.39, 0.29) is 11.4 Å². The number of ether oxygens (including phenoxy) is 1. The Balaban J connectivity index is 1.58. The molecule has 1 spiro atoms. The molecule has 4 amide bonds. The van der Waals surface area contributed by atoms with Gasteiger partial charge >= 0.3 is 12.0 Å². The third-order valence-electron chi connectivity index (χ3n) is 5.70. The first kappa shape index (κ1) is 22.2. The van der Waals surface area contributed by atoms with E-state index in [9.17, 15) is 29.3 Å². The number of amides is 4. The summed E-state index contributed by atoms with van der Waals surface area (Å²) in [6.45, 7) is 2.75. The summed E-state index contributed by atoms with van der Waals surface area (Å²) in [5, 5.41) is 16.1. The van der Waals surface area contributed by atoms with Crippen molar-refractivity contribution in [2.24, 2.45) is 5.92 Å². The van der Waals surface area contributed by atoms with E-state index in [1.807, 2.05) is 0 Å². The van der Waals surface area contributed by atoms with Crippen molar-refractivity contribution < 1.29 is 28.8 Å². The zero-order valence-corrected chi connectivity index (χ0v) is 17.3. The summed E-state index contributed by atoms with van der Waals surface area (Å²) in [6.07, 6.45) is 1.33. The van der Waals surface area contributed by atoms with Crippen LogP contribution in [0.15, 0.2) is 24.3 Å². The lowest BCUT2D eigenvalue weighted by Gasteiger charge is -2.33. The molecule has 0 radical (unpaired) electrons. The van der Waals surface area contributed by atoms with Crippen LogP contribution in [0.5, 0.6) is 0 Å². The molecular weight excluding hydrogens is 408 g/mol. The van der Waals surface area contributed by atoms with E-state index in [4.69, 9.17) is 4.74 Å². The van der Waals surface area contributed by atoms with Gasteiger partial charge in [-0.3, -0.25) is 29.4 Å². The molecule has 0 aromatic heterocycles. The van der Waals surface area contributed by atoms with E-state index in [2.05, 4.69) is 17.6 Å². The average Bonchev–Trinajstić information content (AvgIpc) is 2.94. The van der Waals surface area contributed by atoms with Crippen LogP contribution in [-0.4, -0.2) is 51.8 Å². The van der Waals surface area contributed by atoms with Gasteiger partial charge in [-0.05, 0) is 44.6 Å². The minimum atomic E-state index is -1.29. The van der Waals surface area contributed by atoms with Crippen LogP contribution in [0.1, 0.15) is 39.5 Å². The van der Waals surface area contributed by atoms with Gasteiger partial charge in [0.1, 0.15) is 17.8 Å². The van der Waals surface area contributed by atoms with Gasteiger partial charge in [-0.2, -0.15) is 0 Å². The highest BCUT2D eigenvalue weighted by molar-refractivity contribution is 6.09. The van der Waals surface area contributed by atoms with Crippen LogP contribution < -0.4 is 10.6 Å². The lowest BCUT2D eigenvalue weighted by Crippen LogP contribution is -2.49. The van der Waals surface area contributed by atoms with Gasteiger partial charge in [0.2, 0.25) is 0 Å². The van der Waals surface area contributed by atoms with Gasteiger partial charge in [0, 0.05) is 6.07 Å². The third-order valence-corrected chi connectivity index (χ3v) is 5.70. The fraction of sp³-hybridized carbons (Fsp3) is 0.500. The van der Waals surface area contributed by atoms with Crippen LogP contribution in [0.25, 0.3) is 0 Å². The average molecular weight is 432 g/mol. The number of nitrogens with zero attached hydrogens (tertiary/aromatic N) is 2. The minimum Gasteiger partial charge on any atom is -0.451 e. The zero-order chi connectivity index (χ0) is 22.8. The summed E-state index contributed by atoms with van der Waals surface area (Å²) in [5.74, 6) is -1.71. The fourth-order valence-electron chi connectivity index (χ4n) is 3.80. The van der Waals surface area contributed by atoms with E-state index in [0.29, 0.717) is 18.8 Å². The molecule has 1 aromatic rings. The van der Waals surface area contributed by atoms with E-state index >= 15 is 0 Å². The Bertz CT molecular complexity index is 924. The van der Waals surface area contributed by atoms with Crippen molar-refractivity contribution in [1.82, 2.24) is 10.2 Å². The number of para-hydroxylation sites is 2. The van der Waals surface area contributed by atoms with Crippen LogP contribution in [0.2, 0.25) is 0 Å². The monoisotopic (exact) mass is 432 g/mol. The Morgan fingerprint density at radius 3 is 2.61 bits per heavy atom. The number of urea groups is 1. The van der Waals surface area contributed by atoms with Gasteiger partial charge in [0.25, 0.3) is 17.5 Å². The van der Waals surface area contributed by atoms with Gasteiger partial charge in [0.15, 0.2) is 6.10 Å². The summed E-state index contributed by atoms with van der Waals surface area (Å²) in [5.41, 5.74) is -1.32. The van der Waals surface area contributed by atoms with Gasteiger partial charge in [-0.15, -0.1) is 0 Å². The highest BCUT2D eigenvalue weighted by atomic mass is 16.6. The van der Waals surface area contributed by atoms with Crippen molar-refractivity contribution in [2.75, 3.05) is 11.9 Å². The number of nitro groups is 1. The second kappa shape index (κ2) is 8.70. The van der Waals surface area contributed by atoms with Gasteiger partial charge < -0.3 is 15.4 Å². The van der Waals surface area contributed by atoms with Crippen LogP contribution in [-0.2, 0) is 19.1 Å². The first-order valence-electron chi connectivity index (χ1n) is 10.0. The molecule has 1 aliphatic carbocycles. The van der Waals surface area contributed by atoms with Crippen molar-refractivity contribution in [1.29, 1.82) is 0 Å². The Kier molecular flexibility index (Phi) is 6.23. The van der Waals surface area contributed by atoms with E-state index < -0.39 is 46.9 Å². The second-order valence-corrected chi connectivity index (χ2v) is 7.98. The molecule has 1 atom stereocenters. The minimum absolute atomic E-state index is 0.0389. The Morgan fingerprint density at radius 1 is 1.32 bits per heavy atom. The third kappa shape index (κ3) is 4.65. The molecular formula is C20H24N4O7. The number of nitro benzene ring substituents is 1. The molecule has 11 nitrogen and oxygen atoms in total. The van der Waals surface area contributed by atoms with Crippen LogP contribution >= 0.6 is 0 Å². The summed E-state index contributed by atoms with van der Waals surface area (Å²) < 4.78 is 5.04. The predicted octanol–water partition coefficient (Wildman–Crippen LogP) is 1.97. The van der Waals surface area contributed by atoms with Crippen LogP contribution in [0.4, 0.5) is 16.2 Å². The number of carbonyl (C=O) groups excluding carboxylic acids is 4. The van der Waals surface area contributed by atoms with Gasteiger partial charge in [0.05, 0.1) is 4.92 Å². The maximum atomic E-state index is 12.8. The number of hydrogen-bond acceptors (Lipinski definition) is 7. The molecule has 11 heteroatoms. The number of imide groups is 1. The molecule has 2 aliphatic rings. The number of esters is 1. The standard InChI is InChI=1S/C20H24N4O7/c1-12-7-9-20(10-8-12)18(27)23(19(28)22-20)11-16(25)31-13(2)17(26)21-14-5-3-4-6-15(14)24(29)30/h3-6,12-13H,7-11H2,1-2H3,(H,21,26)(H,22,28). The normalized spacial score (nSPS) is 23.9. The zero-order valence-electron chi connectivity index (χ0n) is 17.3. The number of rotatable bonds is 6. The van der Waals surface area contributed by atoms with Crippen molar-refractivity contribution in [3.63, 3.8) is 0 Å². The van der Waals surface area contributed by atoms with Crippen LogP contribution in [0, 0.1) is 16.0 Å². The lowest BCUT2D eigenvalue weighted by atomic mass is 9.77. The summed E-state index contributed by atoms with van der Waals surface area (Å²) in [7, 11) is 0. The molecule has 1 aromatic carbocycles. The Labute approximate surface area is 178 Å². The highest BCUT2D eigenvalue weighted by Gasteiger charge is 2.52. The van der Waals surface area contributed by atoms with Crippen molar-refractivity contribution in [3.05, 3.63) is 34.4 Å². The Morgan fingerprint density at radius 2 is 1.97 bits per heavy atom. The van der Waals surface area contributed by atoms with E-state index in [0.717, 1.165) is 17.7 Å². The van der Waals surface area contributed by atoms with E-state index in [1.165, 1.54) is 31.2 Å². The SMILES string of the molecule is CC1CCC2(CC1)NC(=O)N(CC(=O)OC(C)C(=O)Nc1ccccc1[N+](=O)[O-])C2=O. The number of hydrogen-bond donors (Lipinski definition) is 2. The van der Waals surface area contributed by atoms with Gasteiger partial charge in [-0.25, -0.2) is 4.79 Å². The number of nitrogens with one attached hydrogen (secondary N) is 2. The largest absolute Gasteiger partial charge is 0.451 e. The summed E-state index contributed by atoms with van der Waals surface area (Å²) >= 11 is 0. The van der Waals surface area contributed by atoms with Crippen molar-refractivity contribution in [2.45, 2.75) is 51.2 Å². The fourth-order valence-corrected chi connectivity index (χ4v) is 3.80. The molecule has 1 saturated carbocycles. The van der Waals surface area contributed by atoms with Crippen molar-refractivity contribution >= 4 is 35.2 Å². The maximum Gasteiger partial charge on any atom is 0.327 e. The van der Waals surface area contributed by atoms with Gasteiger partial charge in [-0.1, -0.05) is 19.1 Å². The number of anilines is 1. The molecule has 3 rings (SSSR count). The first-order valence-corrected chi connectivity index (χ1v) is 10.0. The second-order valence-electron chi connectivity index (χ2n) is 7.98. The van der Waals surface area contributed by atoms with E-state index in [1.54, 1.807) is 0 Å². The molecule has 0 bridgehead atoms. The molecule has 2 N–H and O–H groups in total. The molecule has 1 unspecified atom stereocenters. The highest BCUT2D eigenvalue weighted by Crippen LogP contribution is 2.36. The Hall–Kier alpha value is -3.50. The molecule has 166 valence electrons. The molecule has 1 saturated heterocycles. The maximum absolute atomic E-state index is 12.8. The quantitative estimate of drug-likeness (QED) is 0.302. The topological polar surface area (TPSA) is 148 Å². The number of carbonyl (C=O) groups is 4. The summed E-state index contributed by atoms with van der Waals surface area (Å²) in [6, 6.07) is 4.88. The van der Waals surface area contributed by atoms with Crippen molar-refractivity contribution in [3.8, 4) is 0 Å². The summed E-state index contributed by atoms with van der Waals surface area (Å²) in [4.78, 5) is 60.8. The van der Waals surface area contributed by atoms with Crippen LogP contribution in [0.3, 0.4) is 0 Å². The molecule has 2 fully saturated rings. The predicted molar refractivity (Wildman–Crippen MR) is 108 cm³/mol.